The lowest BCUT2D eigenvalue weighted by molar-refractivity contribution is -0.153. The number of epoxide rings is 1. The van der Waals surface area contributed by atoms with Crippen LogP contribution >= 0.6 is 0 Å². The highest BCUT2D eigenvalue weighted by Crippen LogP contribution is 2.48. The molecule has 0 bridgehead atoms. The second kappa shape index (κ2) is 7.52. The van der Waals surface area contributed by atoms with Crippen molar-refractivity contribution in [3.05, 3.63) is 82.5 Å². The molecule has 3 aromatic rings. The SMILES string of the molecule is C[C@@H](n1ccn(-c2ccc(OCC(F)(F)F)cc2)c1=O)[C@]1(c2ccc(F)cc2F)CO1. The molecular formula is C21H17F5N2O3. The second-order valence-electron chi connectivity index (χ2n) is 7.23. The van der Waals surface area contributed by atoms with Gasteiger partial charge in [0.1, 0.15) is 23.0 Å². The third kappa shape index (κ3) is 4.07. The van der Waals surface area contributed by atoms with Gasteiger partial charge in [-0.3, -0.25) is 9.13 Å². The molecule has 4 rings (SSSR count). The summed E-state index contributed by atoms with van der Waals surface area (Å²) in [6.07, 6.45) is -1.46. The molecule has 2 atom stereocenters. The Hall–Kier alpha value is -3.14. The lowest BCUT2D eigenvalue weighted by Crippen LogP contribution is -2.32. The van der Waals surface area contributed by atoms with Crippen LogP contribution in [0.15, 0.2) is 59.7 Å². The highest BCUT2D eigenvalue weighted by molar-refractivity contribution is 5.38. The van der Waals surface area contributed by atoms with Crippen molar-refractivity contribution in [3.8, 4) is 11.4 Å². The predicted octanol–water partition coefficient (Wildman–Crippen LogP) is 4.35. The van der Waals surface area contributed by atoms with E-state index in [1.807, 2.05) is 0 Å². The number of aromatic nitrogens is 2. The zero-order valence-corrected chi connectivity index (χ0v) is 16.2. The van der Waals surface area contributed by atoms with Gasteiger partial charge in [0.05, 0.1) is 18.3 Å². The quantitative estimate of drug-likeness (QED) is 0.423. The summed E-state index contributed by atoms with van der Waals surface area (Å²) in [6.45, 7) is 0.442. The van der Waals surface area contributed by atoms with Crippen LogP contribution in [0.1, 0.15) is 18.5 Å². The summed E-state index contributed by atoms with van der Waals surface area (Å²) in [4.78, 5) is 12.9. The molecule has 0 unspecified atom stereocenters. The molecule has 0 N–H and O–H groups in total. The minimum absolute atomic E-state index is 0.0130. The Kier molecular flexibility index (Phi) is 5.12. The number of hydrogen-bond donors (Lipinski definition) is 0. The van der Waals surface area contributed by atoms with Gasteiger partial charge in [-0.05, 0) is 37.3 Å². The molecule has 31 heavy (non-hydrogen) atoms. The van der Waals surface area contributed by atoms with Crippen molar-refractivity contribution < 1.29 is 31.4 Å². The zero-order chi connectivity index (χ0) is 22.4. The van der Waals surface area contributed by atoms with Gasteiger partial charge in [-0.2, -0.15) is 13.2 Å². The second-order valence-corrected chi connectivity index (χ2v) is 7.23. The fraction of sp³-hybridized carbons (Fsp3) is 0.286. The van der Waals surface area contributed by atoms with E-state index in [4.69, 9.17) is 4.74 Å². The summed E-state index contributed by atoms with van der Waals surface area (Å²) < 4.78 is 77.2. The van der Waals surface area contributed by atoms with Gasteiger partial charge in [0, 0.05) is 24.0 Å². The molecule has 5 nitrogen and oxygen atoms in total. The number of hydrogen-bond acceptors (Lipinski definition) is 3. The van der Waals surface area contributed by atoms with Crippen molar-refractivity contribution in [3.63, 3.8) is 0 Å². The Labute approximate surface area is 173 Å². The van der Waals surface area contributed by atoms with Crippen LogP contribution in [0.3, 0.4) is 0 Å². The fourth-order valence-corrected chi connectivity index (χ4v) is 3.51. The van der Waals surface area contributed by atoms with Crippen molar-refractivity contribution in [2.24, 2.45) is 0 Å². The van der Waals surface area contributed by atoms with E-state index in [0.29, 0.717) is 5.69 Å². The Morgan fingerprint density at radius 3 is 2.39 bits per heavy atom. The maximum atomic E-state index is 14.3. The van der Waals surface area contributed by atoms with Crippen LogP contribution in [0, 0.1) is 11.6 Å². The molecule has 2 aromatic carbocycles. The molecule has 0 radical (unpaired) electrons. The molecule has 0 saturated carbocycles. The maximum absolute atomic E-state index is 14.3. The van der Waals surface area contributed by atoms with E-state index in [1.54, 1.807) is 6.92 Å². The first-order valence-electron chi connectivity index (χ1n) is 9.30. The molecule has 1 fully saturated rings. The van der Waals surface area contributed by atoms with Gasteiger partial charge in [0.15, 0.2) is 6.61 Å². The van der Waals surface area contributed by atoms with E-state index in [1.165, 1.54) is 51.9 Å². The number of imidazole rings is 1. The van der Waals surface area contributed by atoms with Crippen molar-refractivity contribution in [1.29, 1.82) is 0 Å². The number of nitrogens with zero attached hydrogens (tertiary/aromatic N) is 2. The van der Waals surface area contributed by atoms with E-state index in [9.17, 15) is 26.7 Å². The van der Waals surface area contributed by atoms with Crippen LogP contribution in [0.2, 0.25) is 0 Å². The van der Waals surface area contributed by atoms with Gasteiger partial charge in [-0.25, -0.2) is 13.6 Å². The molecular weight excluding hydrogens is 423 g/mol. The lowest BCUT2D eigenvalue weighted by Gasteiger charge is -2.22. The van der Waals surface area contributed by atoms with Crippen molar-refractivity contribution >= 4 is 0 Å². The molecule has 164 valence electrons. The van der Waals surface area contributed by atoms with E-state index < -0.39 is 41.8 Å². The summed E-state index contributed by atoms with van der Waals surface area (Å²) in [5, 5.41) is 0. The van der Waals surface area contributed by atoms with Gasteiger partial charge in [0.25, 0.3) is 0 Å². The first-order valence-corrected chi connectivity index (χ1v) is 9.30. The Balaban J connectivity index is 1.58. The first-order chi connectivity index (χ1) is 14.6. The molecule has 1 aliphatic heterocycles. The summed E-state index contributed by atoms with van der Waals surface area (Å²) in [6, 6.07) is 8.15. The third-order valence-electron chi connectivity index (χ3n) is 5.26. The molecule has 10 heteroatoms. The molecule has 1 saturated heterocycles. The van der Waals surface area contributed by atoms with Crippen LogP contribution in [0.25, 0.3) is 5.69 Å². The molecule has 2 heterocycles. The van der Waals surface area contributed by atoms with Crippen LogP contribution in [-0.4, -0.2) is 28.5 Å². The van der Waals surface area contributed by atoms with Gasteiger partial charge < -0.3 is 9.47 Å². The average Bonchev–Trinajstić information content (AvgIpc) is 3.42. The molecule has 0 spiro atoms. The Bertz CT molecular complexity index is 1150. The van der Waals surface area contributed by atoms with Gasteiger partial charge >= 0.3 is 11.9 Å². The van der Waals surface area contributed by atoms with Crippen LogP contribution < -0.4 is 10.4 Å². The smallest absolute Gasteiger partial charge is 0.422 e. The lowest BCUT2D eigenvalue weighted by atomic mass is 9.92. The Morgan fingerprint density at radius 2 is 1.81 bits per heavy atom. The third-order valence-corrected chi connectivity index (χ3v) is 5.26. The fourth-order valence-electron chi connectivity index (χ4n) is 3.51. The number of alkyl halides is 3. The first kappa shape index (κ1) is 21.1. The number of ether oxygens (including phenoxy) is 2. The van der Waals surface area contributed by atoms with E-state index in [-0.39, 0.29) is 17.9 Å². The molecule has 1 aliphatic rings. The zero-order valence-electron chi connectivity index (χ0n) is 16.2. The average molecular weight is 440 g/mol. The van der Waals surface area contributed by atoms with Crippen molar-refractivity contribution in [1.82, 2.24) is 9.13 Å². The summed E-state index contributed by atoms with van der Waals surface area (Å²) in [5.41, 5.74) is -0.974. The number of halogens is 5. The largest absolute Gasteiger partial charge is 0.484 e. The normalized spacial score (nSPS) is 19.3. The molecule has 1 aromatic heterocycles. The van der Waals surface area contributed by atoms with Crippen LogP contribution in [0.4, 0.5) is 22.0 Å². The van der Waals surface area contributed by atoms with Crippen LogP contribution in [-0.2, 0) is 10.3 Å². The van der Waals surface area contributed by atoms with E-state index in [2.05, 4.69) is 4.74 Å². The Morgan fingerprint density at radius 1 is 1.13 bits per heavy atom. The van der Waals surface area contributed by atoms with Crippen LogP contribution in [0.5, 0.6) is 5.75 Å². The maximum Gasteiger partial charge on any atom is 0.422 e. The van der Waals surface area contributed by atoms with Gasteiger partial charge in [-0.1, -0.05) is 6.07 Å². The summed E-state index contributed by atoms with van der Waals surface area (Å²) in [5.74, 6) is -1.46. The highest BCUT2D eigenvalue weighted by Gasteiger charge is 2.54. The molecule has 0 aliphatic carbocycles. The summed E-state index contributed by atoms with van der Waals surface area (Å²) in [7, 11) is 0. The minimum atomic E-state index is -4.45. The monoisotopic (exact) mass is 440 g/mol. The van der Waals surface area contributed by atoms with E-state index >= 15 is 0 Å². The highest BCUT2D eigenvalue weighted by atomic mass is 19.4. The number of benzene rings is 2. The van der Waals surface area contributed by atoms with Gasteiger partial charge in [-0.15, -0.1) is 0 Å². The molecule has 0 amide bonds. The van der Waals surface area contributed by atoms with Gasteiger partial charge in [0.2, 0.25) is 0 Å². The predicted molar refractivity (Wildman–Crippen MR) is 100 cm³/mol. The topological polar surface area (TPSA) is 48.7 Å². The van der Waals surface area contributed by atoms with Crippen molar-refractivity contribution in [2.75, 3.05) is 13.2 Å². The summed E-state index contributed by atoms with van der Waals surface area (Å²) >= 11 is 0. The number of rotatable bonds is 6. The van der Waals surface area contributed by atoms with Crippen molar-refractivity contribution in [2.45, 2.75) is 24.7 Å². The van der Waals surface area contributed by atoms with E-state index in [0.717, 1.165) is 12.1 Å². The standard InChI is InChI=1S/C21H17F5N2O3/c1-13(20(11-31-20)17-7-2-14(22)10-18(17)23)27-8-9-28(19(27)29)15-3-5-16(6-4-15)30-12-21(24,25)26/h2-10,13H,11-12H2,1H3/t13-,20+/m1/s1. The minimum Gasteiger partial charge on any atom is -0.484 e.